The van der Waals surface area contributed by atoms with Crippen LogP contribution >= 0.6 is 0 Å². The minimum atomic E-state index is -0.584. The first-order chi connectivity index (χ1) is 12.0. The topological polar surface area (TPSA) is 49.8 Å². The molecule has 2 atom stereocenters. The van der Waals surface area contributed by atoms with Crippen molar-refractivity contribution in [3.05, 3.63) is 65.2 Å². The van der Waals surface area contributed by atoms with Crippen molar-refractivity contribution in [2.75, 3.05) is 20.2 Å². The number of Topliss-reactive ketones (excluding diaryl/α,β-unsaturated/α-hetero) is 1. The number of hydrogen-bond acceptors (Lipinski definition) is 4. The molecule has 0 saturated carbocycles. The molecule has 3 rings (SSSR count). The van der Waals surface area contributed by atoms with Gasteiger partial charge in [0.15, 0.2) is 5.78 Å². The van der Waals surface area contributed by atoms with Crippen molar-refractivity contribution < 1.29 is 14.6 Å². The van der Waals surface area contributed by atoms with Crippen LogP contribution in [0.3, 0.4) is 0 Å². The van der Waals surface area contributed by atoms with Crippen LogP contribution in [0.5, 0.6) is 5.75 Å². The fourth-order valence-corrected chi connectivity index (χ4v) is 3.50. The molecule has 1 N–H and O–H groups in total. The Balaban J connectivity index is 1.54. The van der Waals surface area contributed by atoms with Crippen molar-refractivity contribution in [3.8, 4) is 5.75 Å². The van der Waals surface area contributed by atoms with E-state index < -0.39 is 6.10 Å². The van der Waals surface area contributed by atoms with Crippen LogP contribution in [-0.2, 0) is 6.42 Å². The molecule has 2 unspecified atom stereocenters. The summed E-state index contributed by atoms with van der Waals surface area (Å²) in [5, 5.41) is 10.3. The average Bonchev–Trinajstić information content (AvgIpc) is 3.04. The van der Waals surface area contributed by atoms with Crippen LogP contribution < -0.4 is 4.74 Å². The number of carbonyl (C=O) groups excluding carboxylic acids is 1. The lowest BCUT2D eigenvalue weighted by Gasteiger charge is -2.27. The van der Waals surface area contributed by atoms with Gasteiger partial charge in [-0.1, -0.05) is 36.4 Å². The maximum Gasteiger partial charge on any atom is 0.159 e. The highest BCUT2D eigenvalue weighted by Crippen LogP contribution is 2.34. The lowest BCUT2D eigenvalue weighted by Crippen LogP contribution is -2.35. The van der Waals surface area contributed by atoms with E-state index in [2.05, 4.69) is 29.2 Å². The number of hydrogen-bond donors (Lipinski definition) is 1. The van der Waals surface area contributed by atoms with Gasteiger partial charge in [0.2, 0.25) is 0 Å². The molecule has 1 aliphatic rings. The molecule has 4 heteroatoms. The minimum absolute atomic E-state index is 0.00521. The monoisotopic (exact) mass is 339 g/mol. The van der Waals surface area contributed by atoms with E-state index in [-0.39, 0.29) is 12.4 Å². The summed E-state index contributed by atoms with van der Waals surface area (Å²) in [7, 11) is 2.05. The summed E-state index contributed by atoms with van der Waals surface area (Å²) in [6.45, 7) is 2.29. The second kappa shape index (κ2) is 7.81. The number of carbonyl (C=O) groups is 1. The molecule has 0 aliphatic heterocycles. The Labute approximate surface area is 149 Å². The van der Waals surface area contributed by atoms with Gasteiger partial charge in [0.05, 0.1) is 0 Å². The third kappa shape index (κ3) is 4.27. The van der Waals surface area contributed by atoms with E-state index in [1.165, 1.54) is 18.1 Å². The average molecular weight is 339 g/mol. The summed E-state index contributed by atoms with van der Waals surface area (Å²) in [6.07, 6.45) is 1.60. The molecule has 0 fully saturated rings. The highest BCUT2D eigenvalue weighted by molar-refractivity contribution is 5.94. The van der Waals surface area contributed by atoms with E-state index in [1.807, 2.05) is 7.05 Å². The fraction of sp³-hybridized carbons (Fsp3) is 0.381. The first kappa shape index (κ1) is 17.6. The molecule has 0 saturated heterocycles. The molecule has 0 amide bonds. The molecule has 2 aromatic carbocycles. The van der Waals surface area contributed by atoms with E-state index in [1.54, 1.807) is 24.3 Å². The predicted molar refractivity (Wildman–Crippen MR) is 98.1 cm³/mol. The Hall–Kier alpha value is -2.17. The van der Waals surface area contributed by atoms with Gasteiger partial charge in [-0.3, -0.25) is 9.69 Å². The zero-order valence-corrected chi connectivity index (χ0v) is 14.8. The molecule has 25 heavy (non-hydrogen) atoms. The number of aliphatic hydroxyl groups excluding tert-OH is 1. The van der Waals surface area contributed by atoms with Crippen molar-refractivity contribution in [2.24, 2.45) is 0 Å². The summed E-state index contributed by atoms with van der Waals surface area (Å²) in [6, 6.07) is 15.9. The van der Waals surface area contributed by atoms with Gasteiger partial charge in [-0.15, -0.1) is 0 Å². The maximum atomic E-state index is 11.4. The van der Waals surface area contributed by atoms with Gasteiger partial charge in [-0.2, -0.15) is 0 Å². The second-order valence-electron chi connectivity index (χ2n) is 6.74. The first-order valence-corrected chi connectivity index (χ1v) is 8.74. The SMILES string of the molecule is CC(=O)c1cccc(OCC(O)CN(C)C2CCc3ccccc32)c1. The van der Waals surface area contributed by atoms with Crippen LogP contribution in [0.1, 0.15) is 40.9 Å². The smallest absolute Gasteiger partial charge is 0.159 e. The lowest BCUT2D eigenvalue weighted by atomic mass is 10.1. The van der Waals surface area contributed by atoms with Gasteiger partial charge >= 0.3 is 0 Å². The quantitative estimate of drug-likeness (QED) is 0.787. The van der Waals surface area contributed by atoms with E-state index in [0.29, 0.717) is 23.9 Å². The van der Waals surface area contributed by atoms with Crippen LogP contribution in [0.15, 0.2) is 48.5 Å². The van der Waals surface area contributed by atoms with E-state index >= 15 is 0 Å². The zero-order chi connectivity index (χ0) is 17.8. The number of ketones is 1. The lowest BCUT2D eigenvalue weighted by molar-refractivity contribution is 0.0629. The minimum Gasteiger partial charge on any atom is -0.491 e. The summed E-state index contributed by atoms with van der Waals surface area (Å²) < 4.78 is 5.66. The van der Waals surface area contributed by atoms with E-state index in [0.717, 1.165) is 12.8 Å². The van der Waals surface area contributed by atoms with Crippen molar-refractivity contribution >= 4 is 5.78 Å². The van der Waals surface area contributed by atoms with Crippen LogP contribution in [0.25, 0.3) is 0 Å². The number of likely N-dealkylation sites (N-methyl/N-ethyl adjacent to an activating group) is 1. The third-order valence-electron chi connectivity index (χ3n) is 4.81. The van der Waals surface area contributed by atoms with Crippen LogP contribution in [-0.4, -0.2) is 42.1 Å². The highest BCUT2D eigenvalue weighted by atomic mass is 16.5. The van der Waals surface area contributed by atoms with Crippen LogP contribution in [0.2, 0.25) is 0 Å². The molecule has 2 aromatic rings. The molecule has 0 radical (unpaired) electrons. The Bertz CT molecular complexity index is 743. The number of fused-ring (bicyclic) bond motifs is 1. The van der Waals surface area contributed by atoms with Gasteiger partial charge < -0.3 is 9.84 Å². The van der Waals surface area contributed by atoms with Gasteiger partial charge in [0.1, 0.15) is 18.5 Å². The van der Waals surface area contributed by atoms with E-state index in [4.69, 9.17) is 4.74 Å². The summed E-state index contributed by atoms with van der Waals surface area (Å²) >= 11 is 0. The molecule has 0 bridgehead atoms. The molecule has 0 heterocycles. The van der Waals surface area contributed by atoms with Crippen molar-refractivity contribution in [3.63, 3.8) is 0 Å². The highest BCUT2D eigenvalue weighted by Gasteiger charge is 2.26. The summed E-state index contributed by atoms with van der Waals surface area (Å²) in [5.41, 5.74) is 3.39. The molecule has 4 nitrogen and oxygen atoms in total. The molecule has 0 spiro atoms. The number of rotatable bonds is 7. The Morgan fingerprint density at radius 2 is 2.08 bits per heavy atom. The molecular formula is C21H25NO3. The largest absolute Gasteiger partial charge is 0.491 e. The number of aryl methyl sites for hydroxylation is 1. The number of nitrogens with zero attached hydrogens (tertiary/aromatic N) is 1. The summed E-state index contributed by atoms with van der Waals surface area (Å²) in [5.74, 6) is 0.617. The predicted octanol–water partition coefficient (Wildman–Crippen LogP) is 3.25. The van der Waals surface area contributed by atoms with Gasteiger partial charge in [-0.05, 0) is 50.1 Å². The Morgan fingerprint density at radius 3 is 2.88 bits per heavy atom. The second-order valence-corrected chi connectivity index (χ2v) is 6.74. The third-order valence-corrected chi connectivity index (χ3v) is 4.81. The van der Waals surface area contributed by atoms with Crippen molar-refractivity contribution in [2.45, 2.75) is 31.9 Å². The number of benzene rings is 2. The molecule has 1 aliphatic carbocycles. The summed E-state index contributed by atoms with van der Waals surface area (Å²) in [4.78, 5) is 13.6. The van der Waals surface area contributed by atoms with Crippen molar-refractivity contribution in [1.29, 1.82) is 0 Å². The standard InChI is InChI=1S/C21H25NO3/c1-15(23)17-7-5-8-19(12-17)25-14-18(24)13-22(2)21-11-10-16-6-3-4-9-20(16)21/h3-9,12,18,21,24H,10-11,13-14H2,1-2H3. The normalized spacial score (nSPS) is 17.4. The van der Waals surface area contributed by atoms with Crippen LogP contribution in [0.4, 0.5) is 0 Å². The fourth-order valence-electron chi connectivity index (χ4n) is 3.50. The molecule has 132 valence electrons. The number of aliphatic hydroxyl groups is 1. The van der Waals surface area contributed by atoms with Gasteiger partial charge in [-0.25, -0.2) is 0 Å². The van der Waals surface area contributed by atoms with Gasteiger partial charge in [0, 0.05) is 18.2 Å². The molecule has 0 aromatic heterocycles. The zero-order valence-electron chi connectivity index (χ0n) is 14.8. The number of ether oxygens (including phenoxy) is 1. The maximum absolute atomic E-state index is 11.4. The Kier molecular flexibility index (Phi) is 5.51. The Morgan fingerprint density at radius 1 is 1.28 bits per heavy atom. The van der Waals surface area contributed by atoms with Crippen molar-refractivity contribution in [1.82, 2.24) is 4.90 Å². The van der Waals surface area contributed by atoms with E-state index in [9.17, 15) is 9.90 Å². The first-order valence-electron chi connectivity index (χ1n) is 8.74. The van der Waals surface area contributed by atoms with Crippen LogP contribution in [0, 0.1) is 0 Å². The molecular weight excluding hydrogens is 314 g/mol. The van der Waals surface area contributed by atoms with Gasteiger partial charge in [0.25, 0.3) is 0 Å².